The average molecular weight is 320 g/mol. The number of carbonyl (C=O) groups is 1. The number of likely N-dealkylation sites (tertiary alicyclic amines) is 1. The summed E-state index contributed by atoms with van der Waals surface area (Å²) in [6.45, 7) is 3.77. The van der Waals surface area contributed by atoms with Crippen LogP contribution >= 0.6 is 0 Å². The number of fused-ring (bicyclic) bond motifs is 1. The van der Waals surface area contributed by atoms with Crippen molar-refractivity contribution >= 4 is 11.5 Å². The minimum atomic E-state index is 0.322. The van der Waals surface area contributed by atoms with Crippen LogP contribution in [0, 0.1) is 5.92 Å². The van der Waals surface area contributed by atoms with Crippen molar-refractivity contribution < 1.29 is 4.79 Å². The quantitative estimate of drug-likeness (QED) is 0.888. The highest BCUT2D eigenvalue weighted by molar-refractivity contribution is 5.82. The minimum absolute atomic E-state index is 0.322. The normalized spacial score (nSPS) is 17.2. The first-order valence-corrected chi connectivity index (χ1v) is 8.90. The minimum Gasteiger partial charge on any atom is -0.384 e. The molecule has 1 saturated heterocycles. The van der Waals surface area contributed by atoms with Gasteiger partial charge >= 0.3 is 0 Å². The molecule has 0 saturated carbocycles. The molecule has 2 aliphatic rings. The summed E-state index contributed by atoms with van der Waals surface area (Å²) in [5, 5.41) is 3.41. The summed E-state index contributed by atoms with van der Waals surface area (Å²) in [6.07, 6.45) is 2.84. The third-order valence-corrected chi connectivity index (χ3v) is 5.08. The molecule has 0 amide bonds. The predicted octanol–water partition coefficient (Wildman–Crippen LogP) is 2.94. The largest absolute Gasteiger partial charge is 0.384 e. The summed E-state index contributed by atoms with van der Waals surface area (Å²) in [5.41, 5.74) is 5.33. The van der Waals surface area contributed by atoms with Crippen LogP contribution in [0.1, 0.15) is 16.7 Å². The van der Waals surface area contributed by atoms with Gasteiger partial charge in [-0.2, -0.15) is 0 Å². The number of anilines is 1. The Balaban J connectivity index is 1.23. The Labute approximate surface area is 143 Å². The summed E-state index contributed by atoms with van der Waals surface area (Å²) < 4.78 is 0. The van der Waals surface area contributed by atoms with Gasteiger partial charge in [0.2, 0.25) is 0 Å². The van der Waals surface area contributed by atoms with Crippen LogP contribution in [0.3, 0.4) is 0 Å². The highest BCUT2D eigenvalue weighted by atomic mass is 16.1. The number of hydrogen-bond acceptors (Lipinski definition) is 3. The van der Waals surface area contributed by atoms with Gasteiger partial charge in [-0.05, 0) is 41.5 Å². The number of ketones is 1. The molecule has 1 N–H and O–H groups in total. The van der Waals surface area contributed by atoms with Crippen molar-refractivity contribution in [2.45, 2.75) is 19.3 Å². The van der Waals surface area contributed by atoms with Crippen LogP contribution in [0.4, 0.5) is 5.69 Å². The van der Waals surface area contributed by atoms with Gasteiger partial charge in [0.1, 0.15) is 0 Å². The van der Waals surface area contributed by atoms with E-state index < -0.39 is 0 Å². The molecule has 2 aromatic carbocycles. The number of carbonyl (C=O) groups excluding carboxylic acids is 1. The molecule has 2 aromatic rings. The van der Waals surface area contributed by atoms with Crippen LogP contribution in [0.2, 0.25) is 0 Å². The lowest BCUT2D eigenvalue weighted by Gasteiger charge is -2.39. The van der Waals surface area contributed by atoms with Gasteiger partial charge < -0.3 is 5.32 Å². The van der Waals surface area contributed by atoms with Crippen molar-refractivity contribution in [1.29, 1.82) is 0 Å². The molecule has 0 atom stereocenters. The van der Waals surface area contributed by atoms with Gasteiger partial charge in [-0.15, -0.1) is 0 Å². The Kier molecular flexibility index (Phi) is 4.35. The fourth-order valence-corrected chi connectivity index (χ4v) is 3.88. The molecule has 3 heteroatoms. The Morgan fingerprint density at radius 2 is 1.92 bits per heavy atom. The molecular formula is C21H24N2O. The molecule has 2 heterocycles. The maximum Gasteiger partial charge on any atom is 0.151 e. The second-order valence-electron chi connectivity index (χ2n) is 7.13. The van der Waals surface area contributed by atoms with Crippen molar-refractivity contribution in [3.05, 3.63) is 65.2 Å². The van der Waals surface area contributed by atoms with Gasteiger partial charge in [0.05, 0.1) is 6.54 Å². The van der Waals surface area contributed by atoms with Gasteiger partial charge in [0, 0.05) is 31.7 Å². The molecule has 1 fully saturated rings. The molecule has 0 unspecified atom stereocenters. The van der Waals surface area contributed by atoms with Crippen LogP contribution in [0.5, 0.6) is 0 Å². The Morgan fingerprint density at radius 3 is 2.75 bits per heavy atom. The van der Waals surface area contributed by atoms with Gasteiger partial charge in [0.25, 0.3) is 0 Å². The predicted molar refractivity (Wildman–Crippen MR) is 97.4 cm³/mol. The van der Waals surface area contributed by atoms with Gasteiger partial charge in [-0.1, -0.05) is 42.5 Å². The second-order valence-corrected chi connectivity index (χ2v) is 7.13. The van der Waals surface area contributed by atoms with E-state index in [9.17, 15) is 4.79 Å². The number of hydrogen-bond donors (Lipinski definition) is 1. The van der Waals surface area contributed by atoms with E-state index in [1.165, 1.54) is 16.8 Å². The molecule has 24 heavy (non-hydrogen) atoms. The van der Waals surface area contributed by atoms with Crippen molar-refractivity contribution in [2.75, 3.05) is 31.5 Å². The second kappa shape index (κ2) is 6.78. The number of nitrogens with zero attached hydrogens (tertiary/aromatic N) is 1. The molecule has 0 aliphatic carbocycles. The topological polar surface area (TPSA) is 32.3 Å². The zero-order valence-electron chi connectivity index (χ0n) is 14.0. The molecule has 0 spiro atoms. The van der Waals surface area contributed by atoms with Crippen molar-refractivity contribution in [2.24, 2.45) is 5.92 Å². The SMILES string of the molecule is O=C(Cc1ccccc1)CN1CC(Cc2ccc3c(c2)CCN3)C1. The zero-order chi connectivity index (χ0) is 16.4. The summed E-state index contributed by atoms with van der Waals surface area (Å²) in [5.74, 6) is 1.02. The molecule has 0 bridgehead atoms. The maximum atomic E-state index is 12.2. The Bertz CT molecular complexity index is 720. The van der Waals surface area contributed by atoms with E-state index >= 15 is 0 Å². The van der Waals surface area contributed by atoms with Crippen LogP contribution in [0.25, 0.3) is 0 Å². The van der Waals surface area contributed by atoms with Gasteiger partial charge in [0.15, 0.2) is 5.78 Å². The highest BCUT2D eigenvalue weighted by Gasteiger charge is 2.28. The summed E-state index contributed by atoms with van der Waals surface area (Å²) in [7, 11) is 0. The zero-order valence-corrected chi connectivity index (χ0v) is 14.0. The van der Waals surface area contributed by atoms with Crippen LogP contribution in [0.15, 0.2) is 48.5 Å². The molecular weight excluding hydrogens is 296 g/mol. The highest BCUT2D eigenvalue weighted by Crippen LogP contribution is 2.26. The first kappa shape index (κ1) is 15.4. The van der Waals surface area contributed by atoms with E-state index in [4.69, 9.17) is 0 Å². The summed E-state index contributed by atoms with van der Waals surface area (Å²) in [4.78, 5) is 14.4. The lowest BCUT2D eigenvalue weighted by Crippen LogP contribution is -2.49. The van der Waals surface area contributed by atoms with E-state index in [1.54, 1.807) is 0 Å². The van der Waals surface area contributed by atoms with Crippen LogP contribution in [-0.2, 0) is 24.1 Å². The Hall–Kier alpha value is -2.13. The van der Waals surface area contributed by atoms with E-state index in [2.05, 4.69) is 28.4 Å². The molecule has 2 aliphatic heterocycles. The summed E-state index contributed by atoms with van der Waals surface area (Å²) >= 11 is 0. The molecule has 0 aromatic heterocycles. The average Bonchev–Trinajstić information content (AvgIpc) is 3.01. The number of nitrogens with one attached hydrogen (secondary N) is 1. The van der Waals surface area contributed by atoms with Gasteiger partial charge in [-0.25, -0.2) is 0 Å². The first-order valence-electron chi connectivity index (χ1n) is 8.90. The van der Waals surface area contributed by atoms with E-state index in [-0.39, 0.29) is 0 Å². The maximum absolute atomic E-state index is 12.2. The standard InChI is InChI=1S/C21H24N2O/c24-20(12-16-4-2-1-3-5-16)15-23-13-18(14-23)10-17-6-7-21-19(11-17)8-9-22-21/h1-7,11,18,22H,8-10,12-15H2. The van der Waals surface area contributed by atoms with Crippen LogP contribution < -0.4 is 5.32 Å². The van der Waals surface area contributed by atoms with Crippen LogP contribution in [-0.4, -0.2) is 36.9 Å². The molecule has 3 nitrogen and oxygen atoms in total. The van der Waals surface area contributed by atoms with E-state index in [1.807, 2.05) is 30.3 Å². The lowest BCUT2D eigenvalue weighted by atomic mass is 9.91. The number of benzene rings is 2. The molecule has 4 rings (SSSR count). The first-order chi connectivity index (χ1) is 11.8. The van der Waals surface area contributed by atoms with E-state index in [0.717, 1.165) is 38.0 Å². The van der Waals surface area contributed by atoms with Gasteiger partial charge in [-0.3, -0.25) is 9.69 Å². The fraction of sp³-hybridized carbons (Fsp3) is 0.381. The van der Waals surface area contributed by atoms with Crippen molar-refractivity contribution in [3.63, 3.8) is 0 Å². The lowest BCUT2D eigenvalue weighted by molar-refractivity contribution is -0.121. The Morgan fingerprint density at radius 1 is 1.08 bits per heavy atom. The number of Topliss-reactive ketones (excluding diaryl/α,β-unsaturated/α-hetero) is 1. The van der Waals surface area contributed by atoms with Crippen molar-refractivity contribution in [3.8, 4) is 0 Å². The molecule has 124 valence electrons. The summed E-state index contributed by atoms with van der Waals surface area (Å²) in [6, 6.07) is 16.9. The molecule has 0 radical (unpaired) electrons. The smallest absolute Gasteiger partial charge is 0.151 e. The monoisotopic (exact) mass is 320 g/mol. The third-order valence-electron chi connectivity index (χ3n) is 5.08. The number of rotatable bonds is 6. The van der Waals surface area contributed by atoms with Crippen molar-refractivity contribution in [1.82, 2.24) is 4.90 Å². The third kappa shape index (κ3) is 3.51. The fourth-order valence-electron chi connectivity index (χ4n) is 3.88. The van der Waals surface area contributed by atoms with E-state index in [0.29, 0.717) is 24.7 Å².